The zero-order valence-electron chi connectivity index (χ0n) is 17.0. The molecule has 0 radical (unpaired) electrons. The smallest absolute Gasteiger partial charge is 0.232 e. The van der Waals surface area contributed by atoms with Gasteiger partial charge >= 0.3 is 0 Å². The minimum atomic E-state index is -0.592. The number of benzene rings is 2. The number of carbonyl (C=O) groups excluding carboxylic acids is 2. The van der Waals surface area contributed by atoms with E-state index in [2.05, 4.69) is 42.6 Å². The normalized spacial score (nSPS) is 21.3. The molecule has 0 aromatic heterocycles. The molecule has 2 aromatic rings. The van der Waals surface area contributed by atoms with Crippen LogP contribution in [0.15, 0.2) is 66.4 Å². The summed E-state index contributed by atoms with van der Waals surface area (Å²) < 4.78 is 0. The Kier molecular flexibility index (Phi) is 5.52. The number of allylic oxidation sites excluding steroid dienone is 1. The lowest BCUT2D eigenvalue weighted by atomic mass is 9.69. The Morgan fingerprint density at radius 2 is 1.79 bits per heavy atom. The van der Waals surface area contributed by atoms with Crippen LogP contribution in [0.25, 0.3) is 0 Å². The first-order valence-electron chi connectivity index (χ1n) is 10.5. The molecule has 1 heterocycles. The number of hydrogen-bond acceptors (Lipinski definition) is 2. The molecule has 4 nitrogen and oxygen atoms in total. The highest BCUT2D eigenvalue weighted by atomic mass is 16.2. The second kappa shape index (κ2) is 8.24. The fourth-order valence-corrected chi connectivity index (χ4v) is 4.52. The number of nitrogens with zero attached hydrogens (tertiary/aromatic N) is 1. The molecule has 1 atom stereocenters. The Morgan fingerprint density at radius 3 is 2.55 bits per heavy atom. The van der Waals surface area contributed by atoms with Crippen LogP contribution in [0.1, 0.15) is 48.8 Å². The van der Waals surface area contributed by atoms with E-state index in [0.29, 0.717) is 25.9 Å². The number of amides is 2. The van der Waals surface area contributed by atoms with Gasteiger partial charge < -0.3 is 10.2 Å². The van der Waals surface area contributed by atoms with Gasteiger partial charge in [0.15, 0.2) is 0 Å². The number of piperidine rings is 1. The summed E-state index contributed by atoms with van der Waals surface area (Å²) in [6.07, 6.45) is 5.84. The van der Waals surface area contributed by atoms with E-state index < -0.39 is 5.41 Å². The van der Waals surface area contributed by atoms with Crippen molar-refractivity contribution in [2.75, 3.05) is 0 Å². The van der Waals surface area contributed by atoms with Crippen molar-refractivity contribution in [2.24, 2.45) is 5.41 Å². The molecule has 2 aliphatic rings. The van der Waals surface area contributed by atoms with Crippen molar-refractivity contribution in [1.29, 1.82) is 0 Å². The minimum absolute atomic E-state index is 0.0505. The van der Waals surface area contributed by atoms with Crippen molar-refractivity contribution in [2.45, 2.75) is 52.1 Å². The second-order valence-corrected chi connectivity index (χ2v) is 8.20. The van der Waals surface area contributed by atoms with E-state index in [1.165, 1.54) is 5.56 Å². The maximum absolute atomic E-state index is 13.4. The molecule has 2 aromatic carbocycles. The third-order valence-corrected chi connectivity index (χ3v) is 6.18. The van der Waals surface area contributed by atoms with Crippen molar-refractivity contribution < 1.29 is 9.59 Å². The first-order chi connectivity index (χ1) is 14.1. The fourth-order valence-electron chi connectivity index (χ4n) is 4.52. The molecule has 0 spiro atoms. The summed E-state index contributed by atoms with van der Waals surface area (Å²) in [5, 5.41) is 3.16. The predicted molar refractivity (Wildman–Crippen MR) is 114 cm³/mol. The molecule has 1 saturated heterocycles. The molecule has 1 aliphatic carbocycles. The van der Waals surface area contributed by atoms with Crippen molar-refractivity contribution in [3.05, 3.63) is 83.1 Å². The highest BCUT2D eigenvalue weighted by Gasteiger charge is 2.49. The second-order valence-electron chi connectivity index (χ2n) is 8.20. The van der Waals surface area contributed by atoms with Crippen molar-refractivity contribution in [3.8, 4) is 0 Å². The van der Waals surface area contributed by atoms with Crippen LogP contribution in [-0.4, -0.2) is 16.7 Å². The van der Waals surface area contributed by atoms with E-state index in [0.717, 1.165) is 36.1 Å². The summed E-state index contributed by atoms with van der Waals surface area (Å²) in [6.45, 7) is 3.10. The first-order valence-corrected chi connectivity index (χ1v) is 10.5. The Hall–Kier alpha value is -2.88. The zero-order chi connectivity index (χ0) is 20.3. The van der Waals surface area contributed by atoms with Gasteiger partial charge in [0, 0.05) is 18.7 Å². The van der Waals surface area contributed by atoms with Gasteiger partial charge in [-0.25, -0.2) is 0 Å². The highest BCUT2D eigenvalue weighted by molar-refractivity contribution is 5.91. The molecular formula is C25H28N2O2. The van der Waals surface area contributed by atoms with Gasteiger partial charge in [-0.05, 0) is 43.7 Å². The van der Waals surface area contributed by atoms with Crippen LogP contribution in [0.5, 0.6) is 0 Å². The third kappa shape index (κ3) is 3.98. The van der Waals surface area contributed by atoms with Gasteiger partial charge in [0.25, 0.3) is 0 Å². The number of likely N-dealkylation sites (tertiary alicyclic amines) is 1. The molecule has 1 unspecified atom stereocenters. The Morgan fingerprint density at radius 1 is 1.03 bits per heavy atom. The first kappa shape index (κ1) is 19.4. The summed E-state index contributed by atoms with van der Waals surface area (Å²) in [5.74, 6) is 0.165. The quantitative estimate of drug-likeness (QED) is 0.821. The van der Waals surface area contributed by atoms with Crippen LogP contribution in [0.3, 0.4) is 0 Å². The number of nitrogens with one attached hydrogen (secondary N) is 1. The average molecular weight is 389 g/mol. The molecule has 4 heteroatoms. The molecule has 1 aliphatic heterocycles. The Balaban J connectivity index is 1.56. The van der Waals surface area contributed by atoms with Gasteiger partial charge in [-0.3, -0.25) is 9.59 Å². The van der Waals surface area contributed by atoms with Gasteiger partial charge in [0.05, 0.1) is 12.0 Å². The predicted octanol–water partition coefficient (Wildman–Crippen LogP) is 4.49. The van der Waals surface area contributed by atoms with Gasteiger partial charge in [-0.1, -0.05) is 66.2 Å². The Labute approximate surface area is 172 Å². The van der Waals surface area contributed by atoms with Gasteiger partial charge in [-0.15, -0.1) is 0 Å². The van der Waals surface area contributed by atoms with E-state index in [1.54, 1.807) is 0 Å². The minimum Gasteiger partial charge on any atom is -0.351 e. The lowest BCUT2D eigenvalue weighted by Crippen LogP contribution is -2.52. The number of aryl methyl sites for hydroxylation is 1. The van der Waals surface area contributed by atoms with E-state index in [1.807, 2.05) is 35.2 Å². The van der Waals surface area contributed by atoms with Gasteiger partial charge in [0.2, 0.25) is 11.8 Å². The topological polar surface area (TPSA) is 49.4 Å². The van der Waals surface area contributed by atoms with Gasteiger partial charge in [-0.2, -0.15) is 0 Å². The molecule has 29 heavy (non-hydrogen) atoms. The third-order valence-electron chi connectivity index (χ3n) is 6.18. The van der Waals surface area contributed by atoms with Crippen LogP contribution >= 0.6 is 0 Å². The van der Waals surface area contributed by atoms with E-state index in [4.69, 9.17) is 0 Å². The number of hydrogen-bond donors (Lipinski definition) is 1. The number of rotatable bonds is 5. The Bertz CT molecular complexity index is 918. The molecule has 0 saturated carbocycles. The van der Waals surface area contributed by atoms with E-state index in [9.17, 15) is 9.59 Å². The fraction of sp³-hybridized carbons (Fsp3) is 0.360. The average Bonchev–Trinajstić information content (AvgIpc) is 2.76. The maximum Gasteiger partial charge on any atom is 0.232 e. The molecule has 4 rings (SSSR count). The number of carbonyl (C=O) groups is 2. The number of fused-ring (bicyclic) bond motifs is 1. The van der Waals surface area contributed by atoms with Crippen molar-refractivity contribution >= 4 is 11.8 Å². The summed E-state index contributed by atoms with van der Waals surface area (Å²) in [5.41, 5.74) is 3.70. The molecule has 2 amide bonds. The SMILES string of the molecule is Cc1ccc(CNC(=O)C23CCCC=C2N(Cc2ccccc2)C(=O)CC3)cc1. The zero-order valence-corrected chi connectivity index (χ0v) is 17.0. The lowest BCUT2D eigenvalue weighted by Gasteiger charge is -2.46. The van der Waals surface area contributed by atoms with Crippen molar-refractivity contribution in [1.82, 2.24) is 10.2 Å². The van der Waals surface area contributed by atoms with E-state index >= 15 is 0 Å². The summed E-state index contributed by atoms with van der Waals surface area (Å²) in [7, 11) is 0. The van der Waals surface area contributed by atoms with Crippen LogP contribution in [-0.2, 0) is 22.7 Å². The monoisotopic (exact) mass is 388 g/mol. The van der Waals surface area contributed by atoms with Crippen LogP contribution < -0.4 is 5.32 Å². The molecule has 1 N–H and O–H groups in total. The van der Waals surface area contributed by atoms with E-state index in [-0.39, 0.29) is 11.8 Å². The lowest BCUT2D eigenvalue weighted by molar-refractivity contribution is -0.141. The molecular weight excluding hydrogens is 360 g/mol. The molecule has 1 fully saturated rings. The van der Waals surface area contributed by atoms with Crippen LogP contribution in [0.2, 0.25) is 0 Å². The highest BCUT2D eigenvalue weighted by Crippen LogP contribution is 2.47. The molecule has 150 valence electrons. The summed E-state index contributed by atoms with van der Waals surface area (Å²) in [6, 6.07) is 18.2. The van der Waals surface area contributed by atoms with Crippen LogP contribution in [0.4, 0.5) is 0 Å². The standard InChI is InChI=1S/C25H28N2O2/c1-19-10-12-20(13-11-19)17-26-24(29)25-15-6-5-9-22(25)27(23(28)14-16-25)18-21-7-3-2-4-8-21/h2-4,7-13H,5-6,14-18H2,1H3,(H,26,29). The maximum atomic E-state index is 13.4. The van der Waals surface area contributed by atoms with Gasteiger partial charge in [0.1, 0.15) is 0 Å². The van der Waals surface area contributed by atoms with Crippen LogP contribution in [0, 0.1) is 12.3 Å². The largest absolute Gasteiger partial charge is 0.351 e. The summed E-state index contributed by atoms with van der Waals surface area (Å²) in [4.78, 5) is 28.0. The summed E-state index contributed by atoms with van der Waals surface area (Å²) >= 11 is 0. The van der Waals surface area contributed by atoms with Crippen molar-refractivity contribution in [3.63, 3.8) is 0 Å². The molecule has 0 bridgehead atoms.